The van der Waals surface area contributed by atoms with Gasteiger partial charge in [0.25, 0.3) is 15.7 Å². The molecule has 134 valence electrons. The Balaban J connectivity index is 1.90. The van der Waals surface area contributed by atoms with Gasteiger partial charge in [0.05, 0.1) is 9.82 Å². The van der Waals surface area contributed by atoms with Crippen LogP contribution in [0.4, 0.5) is 10.8 Å². The normalized spacial score (nSPS) is 11.3. The smallest absolute Gasteiger partial charge is 0.258 e. The molecule has 1 N–H and O–H groups in total. The highest BCUT2D eigenvalue weighted by Gasteiger charge is 2.22. The first-order valence-electron chi connectivity index (χ1n) is 7.13. The zero-order valence-electron chi connectivity index (χ0n) is 13.2. The minimum absolute atomic E-state index is 0.0563. The molecular weight excluding hydrogens is 400 g/mol. The van der Waals surface area contributed by atoms with E-state index in [2.05, 4.69) is 14.9 Å². The zero-order valence-corrected chi connectivity index (χ0v) is 15.6. The maximum Gasteiger partial charge on any atom is 0.270 e. The molecule has 0 fully saturated rings. The van der Waals surface area contributed by atoms with Crippen molar-refractivity contribution in [1.29, 1.82) is 0 Å². The number of benzene rings is 2. The van der Waals surface area contributed by atoms with Crippen LogP contribution in [0.25, 0.3) is 10.6 Å². The fraction of sp³-hybridized carbons (Fsp3) is 0.0667. The highest BCUT2D eigenvalue weighted by atomic mass is 35.5. The SMILES string of the molecule is Cc1ccc([N+](=O)[O-])cc1S(=O)(=O)Nc1nnc(-c2ccc(Cl)cc2)s1. The Labute approximate surface area is 157 Å². The molecule has 0 amide bonds. The van der Waals surface area contributed by atoms with E-state index in [1.54, 1.807) is 31.2 Å². The van der Waals surface area contributed by atoms with Crippen LogP contribution < -0.4 is 4.72 Å². The van der Waals surface area contributed by atoms with Crippen LogP contribution >= 0.6 is 22.9 Å². The van der Waals surface area contributed by atoms with Crippen molar-refractivity contribution in [3.8, 4) is 10.6 Å². The molecular formula is C15H11ClN4O4S2. The lowest BCUT2D eigenvalue weighted by Crippen LogP contribution is -2.14. The largest absolute Gasteiger partial charge is 0.270 e. The molecule has 2 aromatic carbocycles. The number of nitrogens with zero attached hydrogens (tertiary/aromatic N) is 3. The summed E-state index contributed by atoms with van der Waals surface area (Å²) in [5, 5.41) is 19.8. The number of nitro benzene ring substituents is 1. The van der Waals surface area contributed by atoms with Gasteiger partial charge in [0.2, 0.25) is 5.13 Å². The average Bonchev–Trinajstić information content (AvgIpc) is 3.03. The Morgan fingerprint density at radius 1 is 1.15 bits per heavy atom. The van der Waals surface area contributed by atoms with Gasteiger partial charge in [0.15, 0.2) is 0 Å². The third-order valence-corrected chi connectivity index (χ3v) is 6.16. The molecule has 8 nitrogen and oxygen atoms in total. The molecule has 3 aromatic rings. The lowest BCUT2D eigenvalue weighted by Gasteiger charge is -2.07. The monoisotopic (exact) mass is 410 g/mol. The predicted molar refractivity (Wildman–Crippen MR) is 99.0 cm³/mol. The number of anilines is 1. The number of nitrogens with one attached hydrogen (secondary N) is 1. The Bertz CT molecular complexity index is 1080. The number of sulfonamides is 1. The van der Waals surface area contributed by atoms with E-state index in [1.807, 2.05) is 0 Å². The minimum atomic E-state index is -4.04. The van der Waals surface area contributed by atoms with E-state index >= 15 is 0 Å². The van der Waals surface area contributed by atoms with Gasteiger partial charge in [-0.1, -0.05) is 41.1 Å². The van der Waals surface area contributed by atoms with Gasteiger partial charge in [-0.15, -0.1) is 10.2 Å². The summed E-state index contributed by atoms with van der Waals surface area (Å²) in [6, 6.07) is 10.5. The minimum Gasteiger partial charge on any atom is -0.258 e. The fourth-order valence-corrected chi connectivity index (χ4v) is 4.51. The number of rotatable bonds is 5. The van der Waals surface area contributed by atoms with E-state index < -0.39 is 14.9 Å². The van der Waals surface area contributed by atoms with Crippen molar-refractivity contribution < 1.29 is 13.3 Å². The Morgan fingerprint density at radius 3 is 2.50 bits per heavy atom. The average molecular weight is 411 g/mol. The van der Waals surface area contributed by atoms with Crippen molar-refractivity contribution >= 4 is 43.8 Å². The van der Waals surface area contributed by atoms with Crippen molar-refractivity contribution in [2.24, 2.45) is 0 Å². The maximum atomic E-state index is 12.6. The number of hydrogen-bond donors (Lipinski definition) is 1. The molecule has 0 aliphatic heterocycles. The lowest BCUT2D eigenvalue weighted by molar-refractivity contribution is -0.385. The van der Waals surface area contributed by atoms with Gasteiger partial charge in [0, 0.05) is 22.7 Å². The van der Waals surface area contributed by atoms with Crippen LogP contribution in [-0.4, -0.2) is 23.5 Å². The number of nitro groups is 1. The molecule has 1 heterocycles. The summed E-state index contributed by atoms with van der Waals surface area (Å²) in [4.78, 5) is 10.1. The molecule has 0 saturated carbocycles. The van der Waals surface area contributed by atoms with E-state index in [-0.39, 0.29) is 15.7 Å². The van der Waals surface area contributed by atoms with Crippen LogP contribution in [0.5, 0.6) is 0 Å². The summed E-state index contributed by atoms with van der Waals surface area (Å²) in [5.74, 6) is 0. The van der Waals surface area contributed by atoms with E-state index in [9.17, 15) is 18.5 Å². The molecule has 3 rings (SSSR count). The number of hydrogen-bond acceptors (Lipinski definition) is 7. The molecule has 0 radical (unpaired) electrons. The van der Waals surface area contributed by atoms with Crippen molar-refractivity contribution in [1.82, 2.24) is 10.2 Å². The fourth-order valence-electron chi connectivity index (χ4n) is 2.14. The second-order valence-electron chi connectivity index (χ2n) is 5.23. The Morgan fingerprint density at radius 2 is 1.85 bits per heavy atom. The van der Waals surface area contributed by atoms with Gasteiger partial charge >= 0.3 is 0 Å². The van der Waals surface area contributed by atoms with Crippen molar-refractivity contribution in [3.05, 3.63) is 63.2 Å². The third-order valence-electron chi connectivity index (χ3n) is 3.41. The number of non-ortho nitro benzene ring substituents is 1. The highest BCUT2D eigenvalue weighted by molar-refractivity contribution is 7.93. The Kier molecular flexibility index (Phi) is 4.90. The van der Waals surface area contributed by atoms with Gasteiger partial charge in [-0.3, -0.25) is 14.8 Å². The molecule has 0 saturated heterocycles. The van der Waals surface area contributed by atoms with Crippen LogP contribution in [0.15, 0.2) is 47.4 Å². The topological polar surface area (TPSA) is 115 Å². The van der Waals surface area contributed by atoms with E-state index in [4.69, 9.17) is 11.6 Å². The van der Waals surface area contributed by atoms with Crippen molar-refractivity contribution in [3.63, 3.8) is 0 Å². The first-order chi connectivity index (χ1) is 12.3. The summed E-state index contributed by atoms with van der Waals surface area (Å²) in [6.45, 7) is 1.55. The molecule has 0 spiro atoms. The quantitative estimate of drug-likeness (QED) is 0.504. The maximum absolute atomic E-state index is 12.6. The second kappa shape index (κ2) is 6.98. The second-order valence-corrected chi connectivity index (χ2v) is 8.30. The van der Waals surface area contributed by atoms with Crippen molar-refractivity contribution in [2.75, 3.05) is 4.72 Å². The molecule has 11 heteroatoms. The van der Waals surface area contributed by atoms with E-state index in [0.717, 1.165) is 23.0 Å². The van der Waals surface area contributed by atoms with Gasteiger partial charge in [0.1, 0.15) is 5.01 Å². The van der Waals surface area contributed by atoms with Crippen LogP contribution in [-0.2, 0) is 10.0 Å². The predicted octanol–water partition coefficient (Wildman–Crippen LogP) is 3.88. The standard InChI is InChI=1S/C15H11ClN4O4S2/c1-9-2-7-12(20(21)22)8-13(9)26(23,24)19-15-18-17-14(25-15)10-3-5-11(16)6-4-10/h2-8H,1H3,(H,18,19). The van der Waals surface area contributed by atoms with Crippen LogP contribution in [0.1, 0.15) is 5.56 Å². The van der Waals surface area contributed by atoms with E-state index in [1.165, 1.54) is 12.1 Å². The third kappa shape index (κ3) is 3.82. The molecule has 0 atom stereocenters. The van der Waals surface area contributed by atoms with Crippen LogP contribution in [0.2, 0.25) is 5.02 Å². The summed E-state index contributed by atoms with van der Waals surface area (Å²) in [6.07, 6.45) is 0. The van der Waals surface area contributed by atoms with Crippen molar-refractivity contribution in [2.45, 2.75) is 11.8 Å². The Hall–Kier alpha value is -2.56. The molecule has 0 aliphatic carbocycles. The number of halogens is 1. The van der Waals surface area contributed by atoms with Gasteiger partial charge in [-0.2, -0.15) is 0 Å². The zero-order chi connectivity index (χ0) is 18.9. The van der Waals surface area contributed by atoms with Gasteiger partial charge in [-0.05, 0) is 24.6 Å². The van der Waals surface area contributed by atoms with E-state index in [0.29, 0.717) is 15.6 Å². The van der Waals surface area contributed by atoms with Gasteiger partial charge in [-0.25, -0.2) is 8.42 Å². The summed E-state index contributed by atoms with van der Waals surface area (Å²) in [7, 11) is -4.04. The first-order valence-corrected chi connectivity index (χ1v) is 9.81. The molecule has 0 aliphatic rings. The molecule has 0 unspecified atom stereocenters. The molecule has 1 aromatic heterocycles. The van der Waals surface area contributed by atoms with Crippen LogP contribution in [0.3, 0.4) is 0 Å². The highest BCUT2D eigenvalue weighted by Crippen LogP contribution is 2.30. The summed E-state index contributed by atoms with van der Waals surface area (Å²) >= 11 is 6.88. The van der Waals surface area contributed by atoms with Gasteiger partial charge < -0.3 is 0 Å². The molecule has 0 bridgehead atoms. The molecule has 26 heavy (non-hydrogen) atoms. The summed E-state index contributed by atoms with van der Waals surface area (Å²) in [5.41, 5.74) is 0.810. The lowest BCUT2D eigenvalue weighted by atomic mass is 10.2. The number of aromatic nitrogens is 2. The first kappa shape index (κ1) is 18.2. The van der Waals surface area contributed by atoms with Crippen LogP contribution in [0, 0.1) is 17.0 Å². The number of aryl methyl sites for hydroxylation is 1. The summed E-state index contributed by atoms with van der Waals surface area (Å²) < 4.78 is 27.5.